The Hall–Kier alpha value is -1.88. The van der Waals surface area contributed by atoms with E-state index in [0.29, 0.717) is 19.5 Å². The van der Waals surface area contributed by atoms with Crippen molar-refractivity contribution in [2.75, 3.05) is 13.1 Å². The largest absolute Gasteiger partial charge is 0.354 e. The Morgan fingerprint density at radius 3 is 2.52 bits per heavy atom. The van der Waals surface area contributed by atoms with Crippen LogP contribution < -0.4 is 16.0 Å². The van der Waals surface area contributed by atoms with Gasteiger partial charge in [-0.05, 0) is 18.9 Å². The maximum atomic E-state index is 11.6. The van der Waals surface area contributed by atoms with Gasteiger partial charge in [-0.25, -0.2) is 0 Å². The first kappa shape index (κ1) is 17.2. The van der Waals surface area contributed by atoms with Gasteiger partial charge in [-0.15, -0.1) is 0 Å². The minimum absolute atomic E-state index is 0.0153. The van der Waals surface area contributed by atoms with Crippen LogP contribution in [0.4, 0.5) is 0 Å². The molecule has 0 aromatic heterocycles. The topological polar surface area (TPSA) is 70.2 Å². The van der Waals surface area contributed by atoms with Gasteiger partial charge in [0.15, 0.2) is 0 Å². The van der Waals surface area contributed by atoms with E-state index in [9.17, 15) is 9.59 Å². The molecule has 0 aliphatic rings. The maximum Gasteiger partial charge on any atom is 0.234 e. The molecule has 0 aliphatic heterocycles. The van der Waals surface area contributed by atoms with Crippen molar-refractivity contribution >= 4 is 11.8 Å². The summed E-state index contributed by atoms with van der Waals surface area (Å²) in [6.07, 6.45) is 1.30. The SMILES string of the molecule is CCC(C)NC(=O)CCNCC(=O)NCc1ccccc1. The molecule has 0 spiro atoms. The molecule has 5 heteroatoms. The van der Waals surface area contributed by atoms with Gasteiger partial charge in [0.25, 0.3) is 0 Å². The molecule has 3 N–H and O–H groups in total. The smallest absolute Gasteiger partial charge is 0.234 e. The minimum Gasteiger partial charge on any atom is -0.354 e. The Labute approximate surface area is 126 Å². The average Bonchev–Trinajstić information content (AvgIpc) is 2.50. The molecular formula is C16H25N3O2. The van der Waals surface area contributed by atoms with Gasteiger partial charge in [0.1, 0.15) is 0 Å². The third-order valence-electron chi connectivity index (χ3n) is 3.17. The van der Waals surface area contributed by atoms with Crippen LogP contribution in [-0.4, -0.2) is 30.9 Å². The second-order valence-corrected chi connectivity index (χ2v) is 5.07. The quantitative estimate of drug-likeness (QED) is 0.599. The molecule has 0 saturated carbocycles. The van der Waals surface area contributed by atoms with Gasteiger partial charge in [-0.2, -0.15) is 0 Å². The van der Waals surface area contributed by atoms with Crippen LogP contribution >= 0.6 is 0 Å². The van der Waals surface area contributed by atoms with Crippen molar-refractivity contribution in [1.29, 1.82) is 0 Å². The normalized spacial score (nSPS) is 11.7. The third-order valence-corrected chi connectivity index (χ3v) is 3.17. The molecule has 2 amide bonds. The number of hydrogen-bond acceptors (Lipinski definition) is 3. The van der Waals surface area contributed by atoms with Crippen molar-refractivity contribution in [3.63, 3.8) is 0 Å². The number of amides is 2. The molecule has 21 heavy (non-hydrogen) atoms. The van der Waals surface area contributed by atoms with Gasteiger partial charge < -0.3 is 16.0 Å². The van der Waals surface area contributed by atoms with Crippen molar-refractivity contribution in [1.82, 2.24) is 16.0 Å². The number of carbonyl (C=O) groups excluding carboxylic acids is 2. The molecule has 0 bridgehead atoms. The summed E-state index contributed by atoms with van der Waals surface area (Å²) >= 11 is 0. The zero-order valence-corrected chi connectivity index (χ0v) is 12.8. The summed E-state index contributed by atoms with van der Waals surface area (Å²) in [6.45, 7) is 5.25. The Kier molecular flexibility index (Phi) is 8.12. The van der Waals surface area contributed by atoms with Crippen LogP contribution in [0.1, 0.15) is 32.3 Å². The third kappa shape index (κ3) is 8.09. The van der Waals surface area contributed by atoms with Gasteiger partial charge in [-0.1, -0.05) is 37.3 Å². The fourth-order valence-corrected chi connectivity index (χ4v) is 1.71. The summed E-state index contributed by atoms with van der Waals surface area (Å²) in [6, 6.07) is 9.95. The van der Waals surface area contributed by atoms with Crippen molar-refractivity contribution in [3.05, 3.63) is 35.9 Å². The minimum atomic E-state index is -0.0683. The van der Waals surface area contributed by atoms with Crippen LogP contribution in [-0.2, 0) is 16.1 Å². The van der Waals surface area contributed by atoms with Crippen LogP contribution in [0, 0.1) is 0 Å². The zero-order valence-electron chi connectivity index (χ0n) is 12.8. The highest BCUT2D eigenvalue weighted by atomic mass is 16.2. The van der Waals surface area contributed by atoms with Crippen molar-refractivity contribution in [2.24, 2.45) is 0 Å². The molecule has 1 unspecified atom stereocenters. The van der Waals surface area contributed by atoms with E-state index in [-0.39, 0.29) is 24.4 Å². The molecule has 0 aliphatic carbocycles. The molecule has 1 rings (SSSR count). The lowest BCUT2D eigenvalue weighted by molar-refractivity contribution is -0.122. The Balaban J connectivity index is 2.07. The van der Waals surface area contributed by atoms with Crippen LogP contribution in [0.5, 0.6) is 0 Å². The van der Waals surface area contributed by atoms with Gasteiger partial charge in [0.05, 0.1) is 6.54 Å². The summed E-state index contributed by atoms with van der Waals surface area (Å²) in [5.41, 5.74) is 1.07. The Bertz CT molecular complexity index is 434. The molecule has 116 valence electrons. The first-order valence-corrected chi connectivity index (χ1v) is 7.42. The summed E-state index contributed by atoms with van der Waals surface area (Å²) < 4.78 is 0. The van der Waals surface area contributed by atoms with E-state index in [1.54, 1.807) is 0 Å². The highest BCUT2D eigenvalue weighted by molar-refractivity contribution is 5.78. The fourth-order valence-electron chi connectivity index (χ4n) is 1.71. The van der Waals surface area contributed by atoms with E-state index in [4.69, 9.17) is 0 Å². The number of rotatable bonds is 9. The molecule has 1 atom stereocenters. The summed E-state index contributed by atoms with van der Waals surface area (Å²) in [4.78, 5) is 23.1. The van der Waals surface area contributed by atoms with Crippen LogP contribution in [0.25, 0.3) is 0 Å². The van der Waals surface area contributed by atoms with E-state index >= 15 is 0 Å². The maximum absolute atomic E-state index is 11.6. The molecule has 0 radical (unpaired) electrons. The highest BCUT2D eigenvalue weighted by Gasteiger charge is 2.05. The number of hydrogen-bond donors (Lipinski definition) is 3. The molecule has 0 fully saturated rings. The summed E-state index contributed by atoms with van der Waals surface area (Å²) in [5, 5.41) is 8.68. The number of carbonyl (C=O) groups is 2. The van der Waals surface area contributed by atoms with Crippen molar-refractivity contribution in [2.45, 2.75) is 39.3 Å². The lowest BCUT2D eigenvalue weighted by atomic mass is 10.2. The second kappa shape index (κ2) is 9.94. The zero-order chi connectivity index (χ0) is 15.5. The molecule has 1 aromatic carbocycles. The number of benzene rings is 1. The van der Waals surface area contributed by atoms with Gasteiger partial charge in [0, 0.05) is 25.6 Å². The monoisotopic (exact) mass is 291 g/mol. The van der Waals surface area contributed by atoms with Gasteiger partial charge in [-0.3, -0.25) is 9.59 Å². The summed E-state index contributed by atoms with van der Waals surface area (Å²) in [5.74, 6) is -0.0530. The molecule has 1 aromatic rings. The van der Waals surface area contributed by atoms with Crippen LogP contribution in [0.3, 0.4) is 0 Å². The molecule has 0 heterocycles. The first-order valence-electron chi connectivity index (χ1n) is 7.42. The molecule has 5 nitrogen and oxygen atoms in total. The highest BCUT2D eigenvalue weighted by Crippen LogP contribution is 1.96. The van der Waals surface area contributed by atoms with Crippen molar-refractivity contribution in [3.8, 4) is 0 Å². The summed E-state index contributed by atoms with van der Waals surface area (Å²) in [7, 11) is 0. The first-order chi connectivity index (χ1) is 10.1. The van der Waals surface area contributed by atoms with Crippen LogP contribution in [0.15, 0.2) is 30.3 Å². The van der Waals surface area contributed by atoms with E-state index in [2.05, 4.69) is 16.0 Å². The van der Waals surface area contributed by atoms with Gasteiger partial charge >= 0.3 is 0 Å². The van der Waals surface area contributed by atoms with E-state index in [1.165, 1.54) is 0 Å². The fraction of sp³-hybridized carbons (Fsp3) is 0.500. The lowest BCUT2D eigenvalue weighted by Gasteiger charge is -2.11. The standard InChI is InChI=1S/C16H25N3O2/c1-3-13(2)19-15(20)9-10-17-12-16(21)18-11-14-7-5-4-6-8-14/h4-8,13,17H,3,9-12H2,1-2H3,(H,18,21)(H,19,20). The number of nitrogens with one attached hydrogen (secondary N) is 3. The van der Waals surface area contributed by atoms with E-state index < -0.39 is 0 Å². The Morgan fingerprint density at radius 2 is 1.86 bits per heavy atom. The van der Waals surface area contributed by atoms with E-state index in [0.717, 1.165) is 12.0 Å². The van der Waals surface area contributed by atoms with Gasteiger partial charge in [0.2, 0.25) is 11.8 Å². The van der Waals surface area contributed by atoms with E-state index in [1.807, 2.05) is 44.2 Å². The predicted molar refractivity (Wildman–Crippen MR) is 83.7 cm³/mol. The van der Waals surface area contributed by atoms with Crippen LogP contribution in [0.2, 0.25) is 0 Å². The Morgan fingerprint density at radius 1 is 1.14 bits per heavy atom. The lowest BCUT2D eigenvalue weighted by Crippen LogP contribution is -2.37. The predicted octanol–water partition coefficient (Wildman–Crippen LogP) is 1.20. The molecular weight excluding hydrogens is 266 g/mol. The average molecular weight is 291 g/mol. The molecule has 0 saturated heterocycles. The van der Waals surface area contributed by atoms with Crippen molar-refractivity contribution < 1.29 is 9.59 Å². The second-order valence-electron chi connectivity index (χ2n) is 5.07.